The number of hydrogen-bond donors (Lipinski definition) is 2. The third-order valence-electron chi connectivity index (χ3n) is 6.44. The Morgan fingerprint density at radius 2 is 1.68 bits per heavy atom. The maximum atomic E-state index is 12.9. The largest absolute Gasteiger partial charge is 0.459 e. The van der Waals surface area contributed by atoms with E-state index in [0.29, 0.717) is 31.9 Å². The predicted octanol–water partition coefficient (Wildman–Crippen LogP) is 4.38. The smallest absolute Gasteiger partial charge is 0.416 e. The van der Waals surface area contributed by atoms with Crippen molar-refractivity contribution in [1.82, 2.24) is 9.80 Å². The number of methoxy groups -OCH3 is 1. The summed E-state index contributed by atoms with van der Waals surface area (Å²) in [5, 5.41) is 5.32. The number of anilines is 3. The van der Waals surface area contributed by atoms with Crippen LogP contribution in [0.5, 0.6) is 0 Å². The number of carbonyl (C=O) groups is 3. The first-order valence-electron chi connectivity index (χ1n) is 12.8. The number of benzene rings is 2. The molecule has 0 bridgehead atoms. The van der Waals surface area contributed by atoms with Crippen molar-refractivity contribution in [3.8, 4) is 0 Å². The van der Waals surface area contributed by atoms with Crippen molar-refractivity contribution in [2.45, 2.75) is 6.18 Å². The fourth-order valence-electron chi connectivity index (χ4n) is 4.28. The van der Waals surface area contributed by atoms with Crippen LogP contribution in [0, 0.1) is 0 Å². The summed E-state index contributed by atoms with van der Waals surface area (Å²) >= 11 is 0. The summed E-state index contributed by atoms with van der Waals surface area (Å²) in [5.41, 5.74) is 0.688. The van der Waals surface area contributed by atoms with Crippen LogP contribution in [-0.2, 0) is 15.7 Å². The monoisotopic (exact) mass is 573 g/mol. The zero-order chi connectivity index (χ0) is 29.4. The van der Waals surface area contributed by atoms with Crippen molar-refractivity contribution in [3.05, 3.63) is 78.3 Å². The average Bonchev–Trinajstić information content (AvgIpc) is 3.50. The Kier molecular flexibility index (Phi) is 9.50. The third kappa shape index (κ3) is 8.01. The highest BCUT2D eigenvalue weighted by molar-refractivity contribution is 5.98. The molecule has 1 saturated heterocycles. The molecule has 2 N–H and O–H groups in total. The summed E-state index contributed by atoms with van der Waals surface area (Å²) in [6.07, 6.45) is -3.10. The molecule has 1 aromatic heterocycles. The SMILES string of the molecule is COCCN(CC(=O)Nc1ccc(N2CCN(C(=O)Nc3cccc(C(F)(F)F)c3)CC2)cc1)C(=O)c1ccco1. The van der Waals surface area contributed by atoms with Crippen LogP contribution in [-0.4, -0.2) is 80.6 Å². The van der Waals surface area contributed by atoms with Gasteiger partial charge in [-0.1, -0.05) is 6.07 Å². The molecular formula is C28H30F3N5O5. The summed E-state index contributed by atoms with van der Waals surface area (Å²) in [4.78, 5) is 42.9. The van der Waals surface area contributed by atoms with E-state index >= 15 is 0 Å². The van der Waals surface area contributed by atoms with Crippen LogP contribution in [0.1, 0.15) is 16.1 Å². The molecule has 0 radical (unpaired) electrons. The number of nitrogens with zero attached hydrogens (tertiary/aromatic N) is 3. The van der Waals surface area contributed by atoms with Crippen LogP contribution in [0.3, 0.4) is 0 Å². The number of nitrogens with one attached hydrogen (secondary N) is 2. The first kappa shape index (κ1) is 29.5. The zero-order valence-corrected chi connectivity index (χ0v) is 22.3. The van der Waals surface area contributed by atoms with E-state index in [1.54, 1.807) is 23.1 Å². The number of urea groups is 1. The van der Waals surface area contributed by atoms with Gasteiger partial charge in [-0.25, -0.2) is 4.79 Å². The van der Waals surface area contributed by atoms with Gasteiger partial charge in [-0.15, -0.1) is 0 Å². The molecule has 1 fully saturated rings. The molecule has 13 heteroatoms. The lowest BCUT2D eigenvalue weighted by atomic mass is 10.2. The fourth-order valence-corrected chi connectivity index (χ4v) is 4.28. The Balaban J connectivity index is 1.27. The minimum Gasteiger partial charge on any atom is -0.459 e. The highest BCUT2D eigenvalue weighted by Crippen LogP contribution is 2.30. The number of piperazine rings is 1. The Labute approximate surface area is 234 Å². The lowest BCUT2D eigenvalue weighted by Gasteiger charge is -2.36. The minimum atomic E-state index is -4.49. The van der Waals surface area contributed by atoms with Crippen molar-refractivity contribution in [2.75, 3.05) is 68.5 Å². The summed E-state index contributed by atoms with van der Waals surface area (Å²) in [6, 6.07) is 14.3. The van der Waals surface area contributed by atoms with Crippen LogP contribution in [0.4, 0.5) is 35.0 Å². The number of furan rings is 1. The van der Waals surface area contributed by atoms with Gasteiger partial charge in [0.1, 0.15) is 6.54 Å². The van der Waals surface area contributed by atoms with Gasteiger partial charge in [0.25, 0.3) is 5.91 Å². The molecule has 1 aliphatic heterocycles. The van der Waals surface area contributed by atoms with Crippen LogP contribution in [0.15, 0.2) is 71.3 Å². The van der Waals surface area contributed by atoms with E-state index in [9.17, 15) is 27.6 Å². The van der Waals surface area contributed by atoms with Crippen molar-refractivity contribution >= 4 is 34.9 Å². The molecule has 4 rings (SSSR count). The number of carbonyl (C=O) groups excluding carboxylic acids is 3. The molecule has 0 unspecified atom stereocenters. The number of hydrogen-bond acceptors (Lipinski definition) is 6. The van der Waals surface area contributed by atoms with Crippen molar-refractivity contribution < 1.29 is 36.7 Å². The molecule has 41 heavy (non-hydrogen) atoms. The molecule has 10 nitrogen and oxygen atoms in total. The molecule has 1 aliphatic rings. The molecule has 0 saturated carbocycles. The molecule has 0 atom stereocenters. The van der Waals surface area contributed by atoms with E-state index < -0.39 is 23.7 Å². The summed E-state index contributed by atoms with van der Waals surface area (Å²) < 4.78 is 49.1. The third-order valence-corrected chi connectivity index (χ3v) is 6.44. The number of ether oxygens (including phenoxy) is 1. The first-order valence-corrected chi connectivity index (χ1v) is 12.8. The van der Waals surface area contributed by atoms with Gasteiger partial charge in [-0.05, 0) is 54.6 Å². The van der Waals surface area contributed by atoms with Gasteiger partial charge in [0.05, 0.1) is 18.4 Å². The van der Waals surface area contributed by atoms with E-state index in [0.717, 1.165) is 17.8 Å². The van der Waals surface area contributed by atoms with Gasteiger partial charge in [-0.2, -0.15) is 13.2 Å². The van der Waals surface area contributed by atoms with Gasteiger partial charge < -0.3 is 34.5 Å². The van der Waals surface area contributed by atoms with E-state index in [2.05, 4.69) is 15.5 Å². The molecular weight excluding hydrogens is 543 g/mol. The van der Waals surface area contributed by atoms with Gasteiger partial charge in [0.15, 0.2) is 5.76 Å². The lowest BCUT2D eigenvalue weighted by molar-refractivity contribution is -0.137. The summed E-state index contributed by atoms with van der Waals surface area (Å²) in [5.74, 6) is -0.666. The van der Waals surface area contributed by atoms with Gasteiger partial charge in [-0.3, -0.25) is 9.59 Å². The van der Waals surface area contributed by atoms with Gasteiger partial charge in [0, 0.05) is 56.9 Å². The highest BCUT2D eigenvalue weighted by Gasteiger charge is 2.31. The molecule has 0 aliphatic carbocycles. The van der Waals surface area contributed by atoms with E-state index in [-0.39, 0.29) is 37.1 Å². The first-order chi connectivity index (χ1) is 19.6. The molecule has 2 heterocycles. The number of alkyl halides is 3. The second-order valence-corrected chi connectivity index (χ2v) is 9.27. The van der Waals surface area contributed by atoms with Crippen molar-refractivity contribution in [1.29, 1.82) is 0 Å². The molecule has 0 spiro atoms. The van der Waals surface area contributed by atoms with Crippen LogP contribution in [0.25, 0.3) is 0 Å². The highest BCUT2D eigenvalue weighted by atomic mass is 19.4. The number of rotatable bonds is 9. The second kappa shape index (κ2) is 13.2. The van der Waals surface area contributed by atoms with E-state index in [1.165, 1.54) is 36.5 Å². The number of halogens is 3. The van der Waals surface area contributed by atoms with E-state index in [4.69, 9.17) is 9.15 Å². The second-order valence-electron chi connectivity index (χ2n) is 9.27. The minimum absolute atomic E-state index is 0.0806. The maximum absolute atomic E-state index is 12.9. The predicted molar refractivity (Wildman–Crippen MR) is 146 cm³/mol. The normalized spacial score (nSPS) is 13.6. The molecule has 4 amide bonds. The lowest BCUT2D eigenvalue weighted by Crippen LogP contribution is -2.50. The van der Waals surface area contributed by atoms with E-state index in [1.807, 2.05) is 12.1 Å². The van der Waals surface area contributed by atoms with Crippen LogP contribution < -0.4 is 15.5 Å². The quantitative estimate of drug-likeness (QED) is 0.394. The standard InChI is InChI=1S/C28H30F3N5O5/c1-40-17-15-36(26(38)24-6-3-16-41-24)19-25(37)32-21-7-9-23(10-8-21)34-11-13-35(14-12-34)27(39)33-22-5-2-4-20(18-22)28(29,30)31/h2-10,16,18H,11-15,17,19H2,1H3,(H,32,37)(H,33,39). The van der Waals surface area contributed by atoms with Gasteiger partial charge >= 0.3 is 12.2 Å². The number of amides is 4. The average molecular weight is 574 g/mol. The Hall–Kier alpha value is -4.52. The Morgan fingerprint density at radius 1 is 0.951 bits per heavy atom. The summed E-state index contributed by atoms with van der Waals surface area (Å²) in [7, 11) is 1.51. The Morgan fingerprint density at radius 3 is 2.32 bits per heavy atom. The van der Waals surface area contributed by atoms with Gasteiger partial charge in [0.2, 0.25) is 5.91 Å². The molecule has 2 aromatic carbocycles. The molecule has 218 valence electrons. The topological polar surface area (TPSA) is 107 Å². The van der Waals surface area contributed by atoms with Crippen LogP contribution >= 0.6 is 0 Å². The molecule has 3 aromatic rings. The summed E-state index contributed by atoms with van der Waals surface area (Å²) in [6.45, 7) is 2.08. The maximum Gasteiger partial charge on any atom is 0.416 e. The van der Waals surface area contributed by atoms with Crippen LogP contribution in [0.2, 0.25) is 0 Å². The van der Waals surface area contributed by atoms with Crippen molar-refractivity contribution in [2.24, 2.45) is 0 Å². The Bertz CT molecular complexity index is 1320. The van der Waals surface area contributed by atoms with Crippen molar-refractivity contribution in [3.63, 3.8) is 0 Å². The fraction of sp³-hybridized carbons (Fsp3) is 0.321. The zero-order valence-electron chi connectivity index (χ0n) is 22.3.